The van der Waals surface area contributed by atoms with Crippen molar-refractivity contribution in [3.63, 3.8) is 0 Å². The minimum atomic E-state index is -3.73. The molecule has 0 unspecified atom stereocenters. The van der Waals surface area contributed by atoms with Gasteiger partial charge >= 0.3 is 0 Å². The highest BCUT2D eigenvalue weighted by atomic mass is 32.2. The Kier molecular flexibility index (Phi) is 6.11. The van der Waals surface area contributed by atoms with Gasteiger partial charge in [0.2, 0.25) is 15.9 Å². The number of hydrogen-bond acceptors (Lipinski definition) is 4. The Morgan fingerprint density at radius 2 is 1.89 bits per heavy atom. The largest absolute Gasteiger partial charge is 0.324 e. The summed E-state index contributed by atoms with van der Waals surface area (Å²) in [5.74, 6) is -0.262. The van der Waals surface area contributed by atoms with E-state index in [9.17, 15) is 13.2 Å². The number of amides is 1. The molecule has 2 rings (SSSR count). The summed E-state index contributed by atoms with van der Waals surface area (Å²) in [6.07, 6.45) is 0.878. The molecule has 0 saturated heterocycles. The van der Waals surface area contributed by atoms with Gasteiger partial charge in [-0.2, -0.15) is 5.10 Å². The highest BCUT2D eigenvalue weighted by molar-refractivity contribution is 7.89. The molecule has 1 amide bonds. The number of rotatable bonds is 6. The molecule has 0 aliphatic rings. The summed E-state index contributed by atoms with van der Waals surface area (Å²) in [6, 6.07) is 7.63. The van der Waals surface area contributed by atoms with Crippen LogP contribution in [0.1, 0.15) is 44.6 Å². The van der Waals surface area contributed by atoms with E-state index in [-0.39, 0.29) is 17.3 Å². The van der Waals surface area contributed by atoms with Crippen LogP contribution in [0, 0.1) is 13.8 Å². The van der Waals surface area contributed by atoms with Crippen molar-refractivity contribution >= 4 is 21.6 Å². The second kappa shape index (κ2) is 7.82. The van der Waals surface area contributed by atoms with E-state index in [0.29, 0.717) is 17.1 Å². The topological polar surface area (TPSA) is 93.1 Å². The quantitative estimate of drug-likeness (QED) is 0.790. The smallest absolute Gasteiger partial charge is 0.246 e. The average Bonchev–Trinajstić information content (AvgIpc) is 2.79. The molecule has 0 fully saturated rings. The first-order valence-electron chi connectivity index (χ1n) is 8.89. The van der Waals surface area contributed by atoms with Gasteiger partial charge < -0.3 is 5.32 Å². The zero-order valence-corrected chi connectivity index (χ0v) is 17.6. The van der Waals surface area contributed by atoms with Crippen LogP contribution in [0.5, 0.6) is 0 Å². The Morgan fingerprint density at radius 1 is 1.22 bits per heavy atom. The number of anilines is 1. The number of nitrogens with one attached hydrogen (secondary N) is 2. The van der Waals surface area contributed by atoms with Crippen molar-refractivity contribution in [2.24, 2.45) is 0 Å². The number of benzene rings is 1. The molecule has 27 heavy (non-hydrogen) atoms. The Morgan fingerprint density at radius 3 is 2.48 bits per heavy atom. The first kappa shape index (κ1) is 21.1. The molecule has 8 heteroatoms. The number of nitrogens with zero attached hydrogens (tertiary/aromatic N) is 2. The summed E-state index contributed by atoms with van der Waals surface area (Å²) >= 11 is 0. The van der Waals surface area contributed by atoms with Crippen molar-refractivity contribution in [1.82, 2.24) is 14.5 Å². The van der Waals surface area contributed by atoms with Crippen LogP contribution in [0.3, 0.4) is 0 Å². The van der Waals surface area contributed by atoms with Crippen LogP contribution in [0.2, 0.25) is 0 Å². The molecule has 2 aromatic rings. The molecule has 2 N–H and O–H groups in total. The van der Waals surface area contributed by atoms with Gasteiger partial charge in [0.05, 0.1) is 11.4 Å². The molecule has 0 aliphatic carbocycles. The van der Waals surface area contributed by atoms with E-state index >= 15 is 0 Å². The van der Waals surface area contributed by atoms with Crippen LogP contribution in [-0.4, -0.2) is 29.6 Å². The van der Waals surface area contributed by atoms with Gasteiger partial charge in [-0.05, 0) is 58.7 Å². The molecule has 148 valence electrons. The summed E-state index contributed by atoms with van der Waals surface area (Å²) in [6.45, 7) is 10.6. The SMILES string of the molecule is CCc1cccc(NC(=O)Cn2nc(C)c(S(=O)(=O)NC(C)(C)C)c2C)c1. The molecule has 0 aliphatic heterocycles. The highest BCUT2D eigenvalue weighted by Gasteiger charge is 2.28. The third-order valence-corrected chi connectivity index (χ3v) is 5.95. The monoisotopic (exact) mass is 392 g/mol. The molecular weight excluding hydrogens is 364 g/mol. The van der Waals surface area contributed by atoms with E-state index in [0.717, 1.165) is 12.0 Å². The summed E-state index contributed by atoms with van der Waals surface area (Å²) < 4.78 is 29.4. The first-order valence-corrected chi connectivity index (χ1v) is 10.4. The predicted molar refractivity (Wildman–Crippen MR) is 106 cm³/mol. The van der Waals surface area contributed by atoms with Crippen LogP contribution < -0.4 is 10.0 Å². The normalized spacial score (nSPS) is 12.2. The molecule has 1 heterocycles. The third kappa shape index (κ3) is 5.40. The molecule has 1 aromatic heterocycles. The van der Waals surface area contributed by atoms with Gasteiger partial charge in [-0.3, -0.25) is 9.48 Å². The summed E-state index contributed by atoms with van der Waals surface area (Å²) in [5, 5.41) is 7.09. The lowest BCUT2D eigenvalue weighted by Gasteiger charge is -2.20. The van der Waals surface area contributed by atoms with Crippen LogP contribution in [0.4, 0.5) is 5.69 Å². The fourth-order valence-corrected chi connectivity index (χ4v) is 4.72. The van der Waals surface area contributed by atoms with Gasteiger partial charge in [-0.1, -0.05) is 19.1 Å². The lowest BCUT2D eigenvalue weighted by atomic mass is 10.1. The molecule has 0 atom stereocenters. The maximum Gasteiger partial charge on any atom is 0.246 e. The maximum atomic E-state index is 12.7. The minimum Gasteiger partial charge on any atom is -0.324 e. The van der Waals surface area contributed by atoms with Crippen LogP contribution in [0.25, 0.3) is 0 Å². The zero-order chi connectivity index (χ0) is 20.4. The van der Waals surface area contributed by atoms with Gasteiger partial charge in [0.25, 0.3) is 0 Å². The van der Waals surface area contributed by atoms with E-state index in [1.54, 1.807) is 34.6 Å². The maximum absolute atomic E-state index is 12.7. The van der Waals surface area contributed by atoms with Gasteiger partial charge in [-0.15, -0.1) is 0 Å². The van der Waals surface area contributed by atoms with E-state index in [2.05, 4.69) is 15.1 Å². The molecule has 0 radical (unpaired) electrons. The number of aryl methyl sites for hydroxylation is 2. The van der Waals surface area contributed by atoms with Crippen molar-refractivity contribution in [3.8, 4) is 0 Å². The van der Waals surface area contributed by atoms with Crippen molar-refractivity contribution in [1.29, 1.82) is 0 Å². The lowest BCUT2D eigenvalue weighted by Crippen LogP contribution is -2.40. The van der Waals surface area contributed by atoms with E-state index < -0.39 is 15.6 Å². The fraction of sp³-hybridized carbons (Fsp3) is 0.474. The fourth-order valence-electron chi connectivity index (χ4n) is 2.88. The first-order chi connectivity index (χ1) is 12.4. The van der Waals surface area contributed by atoms with Crippen LogP contribution in [0.15, 0.2) is 29.2 Å². The minimum absolute atomic E-state index is 0.0614. The summed E-state index contributed by atoms with van der Waals surface area (Å²) in [7, 11) is -3.73. The molecule has 0 spiro atoms. The summed E-state index contributed by atoms with van der Waals surface area (Å²) in [5.41, 5.74) is 2.03. The van der Waals surface area contributed by atoms with Crippen molar-refractivity contribution in [2.45, 2.75) is 64.9 Å². The zero-order valence-electron chi connectivity index (χ0n) is 16.8. The Bertz CT molecular complexity index is 940. The Balaban J connectivity index is 2.22. The Labute approximate surface area is 161 Å². The molecule has 7 nitrogen and oxygen atoms in total. The Hall–Kier alpha value is -2.19. The summed E-state index contributed by atoms with van der Waals surface area (Å²) in [4.78, 5) is 12.5. The van der Waals surface area contributed by atoms with Crippen molar-refractivity contribution in [2.75, 3.05) is 5.32 Å². The van der Waals surface area contributed by atoms with Gasteiger partial charge in [0.1, 0.15) is 11.4 Å². The number of hydrogen-bond donors (Lipinski definition) is 2. The average molecular weight is 393 g/mol. The molecular formula is C19H28N4O3S. The second-order valence-corrected chi connectivity index (χ2v) is 9.23. The van der Waals surface area contributed by atoms with E-state index in [1.165, 1.54) is 4.68 Å². The third-order valence-electron chi connectivity index (χ3n) is 3.94. The van der Waals surface area contributed by atoms with Gasteiger partial charge in [0, 0.05) is 11.2 Å². The predicted octanol–water partition coefficient (Wildman–Crippen LogP) is 2.78. The van der Waals surface area contributed by atoms with Crippen LogP contribution in [-0.2, 0) is 27.8 Å². The molecule has 0 bridgehead atoms. The number of carbonyl (C=O) groups excluding carboxylic acids is 1. The van der Waals surface area contributed by atoms with E-state index in [4.69, 9.17) is 0 Å². The van der Waals surface area contributed by atoms with Crippen LogP contribution >= 0.6 is 0 Å². The lowest BCUT2D eigenvalue weighted by molar-refractivity contribution is -0.116. The van der Waals surface area contributed by atoms with Gasteiger partial charge in [0.15, 0.2) is 0 Å². The number of aromatic nitrogens is 2. The molecule has 0 saturated carbocycles. The number of carbonyl (C=O) groups is 1. The van der Waals surface area contributed by atoms with Crippen molar-refractivity contribution < 1.29 is 13.2 Å². The standard InChI is InChI=1S/C19H28N4O3S/c1-7-15-9-8-10-16(11-15)20-17(24)12-23-14(3)18(13(2)21-23)27(25,26)22-19(4,5)6/h8-11,22H,7,12H2,1-6H3,(H,20,24). The highest BCUT2D eigenvalue weighted by Crippen LogP contribution is 2.21. The van der Waals surface area contributed by atoms with E-state index in [1.807, 2.05) is 31.2 Å². The van der Waals surface area contributed by atoms with Gasteiger partial charge in [-0.25, -0.2) is 13.1 Å². The van der Waals surface area contributed by atoms with Crippen molar-refractivity contribution in [3.05, 3.63) is 41.2 Å². The number of sulfonamides is 1. The molecule has 1 aromatic carbocycles. The second-order valence-electron chi connectivity index (χ2n) is 7.62.